The molecule has 0 spiro atoms. The third-order valence-electron chi connectivity index (χ3n) is 3.31. The molecule has 2 heteroatoms. The van der Waals surface area contributed by atoms with Crippen LogP contribution < -0.4 is 5.32 Å². The predicted molar refractivity (Wildman–Crippen MR) is 74.1 cm³/mol. The van der Waals surface area contributed by atoms with Crippen LogP contribution in [0, 0.1) is 0 Å². The van der Waals surface area contributed by atoms with Crippen molar-refractivity contribution >= 4 is 15.9 Å². The van der Waals surface area contributed by atoms with Crippen molar-refractivity contribution in [2.75, 3.05) is 6.54 Å². The molecular formula is C15H14BrN. The lowest BCUT2D eigenvalue weighted by Crippen LogP contribution is -2.30. The van der Waals surface area contributed by atoms with Crippen LogP contribution in [0.3, 0.4) is 0 Å². The van der Waals surface area contributed by atoms with Crippen LogP contribution in [-0.4, -0.2) is 6.54 Å². The molecule has 1 atom stereocenters. The first-order valence-electron chi connectivity index (χ1n) is 5.91. The number of rotatable bonds is 1. The molecule has 3 rings (SSSR count). The van der Waals surface area contributed by atoms with Gasteiger partial charge in [-0.05, 0) is 35.2 Å². The van der Waals surface area contributed by atoms with E-state index >= 15 is 0 Å². The van der Waals surface area contributed by atoms with Gasteiger partial charge in [-0.2, -0.15) is 0 Å². The zero-order chi connectivity index (χ0) is 11.7. The number of benzene rings is 2. The Labute approximate surface area is 110 Å². The molecule has 1 nitrogen and oxygen atoms in total. The summed E-state index contributed by atoms with van der Waals surface area (Å²) in [5.74, 6) is 0. The van der Waals surface area contributed by atoms with E-state index in [2.05, 4.69) is 69.8 Å². The average Bonchev–Trinajstić information content (AvgIpc) is 2.39. The van der Waals surface area contributed by atoms with Gasteiger partial charge in [0.25, 0.3) is 0 Å². The van der Waals surface area contributed by atoms with Gasteiger partial charge >= 0.3 is 0 Å². The molecule has 0 aliphatic carbocycles. The molecule has 2 aromatic rings. The van der Waals surface area contributed by atoms with E-state index < -0.39 is 0 Å². The highest BCUT2D eigenvalue weighted by Crippen LogP contribution is 2.29. The van der Waals surface area contributed by atoms with Crippen LogP contribution in [0.15, 0.2) is 53.0 Å². The lowest BCUT2D eigenvalue weighted by Gasteiger charge is -2.27. The maximum Gasteiger partial charge on any atom is 0.0579 e. The second-order valence-electron chi connectivity index (χ2n) is 4.39. The number of hydrogen-bond acceptors (Lipinski definition) is 1. The topological polar surface area (TPSA) is 12.0 Å². The maximum atomic E-state index is 3.60. The molecule has 0 saturated carbocycles. The Balaban J connectivity index is 2.03. The van der Waals surface area contributed by atoms with E-state index in [4.69, 9.17) is 0 Å². The molecule has 17 heavy (non-hydrogen) atoms. The van der Waals surface area contributed by atoms with Crippen molar-refractivity contribution in [2.45, 2.75) is 12.5 Å². The summed E-state index contributed by atoms with van der Waals surface area (Å²) < 4.78 is 1.13. The van der Waals surface area contributed by atoms with Crippen LogP contribution in [-0.2, 0) is 6.42 Å². The van der Waals surface area contributed by atoms with Crippen LogP contribution >= 0.6 is 15.9 Å². The summed E-state index contributed by atoms with van der Waals surface area (Å²) in [6.07, 6.45) is 1.13. The van der Waals surface area contributed by atoms with Gasteiger partial charge in [0.1, 0.15) is 0 Å². The van der Waals surface area contributed by atoms with Crippen LogP contribution in [0.4, 0.5) is 0 Å². The highest BCUT2D eigenvalue weighted by atomic mass is 79.9. The second kappa shape index (κ2) is 4.63. The first kappa shape index (κ1) is 11.0. The minimum atomic E-state index is 0.341. The normalized spacial score (nSPS) is 18.8. The summed E-state index contributed by atoms with van der Waals surface area (Å²) in [7, 11) is 0. The molecular weight excluding hydrogens is 274 g/mol. The Morgan fingerprint density at radius 1 is 1.00 bits per heavy atom. The van der Waals surface area contributed by atoms with E-state index in [1.54, 1.807) is 0 Å². The van der Waals surface area contributed by atoms with Gasteiger partial charge in [0.05, 0.1) is 6.04 Å². The van der Waals surface area contributed by atoms with Crippen molar-refractivity contribution in [3.05, 3.63) is 69.7 Å². The number of hydrogen-bond donors (Lipinski definition) is 1. The van der Waals surface area contributed by atoms with Gasteiger partial charge in [-0.1, -0.05) is 52.3 Å². The first-order valence-corrected chi connectivity index (χ1v) is 6.70. The molecule has 2 aromatic carbocycles. The summed E-state index contributed by atoms with van der Waals surface area (Å²) >= 11 is 3.48. The fraction of sp³-hybridized carbons (Fsp3) is 0.200. The molecule has 0 aromatic heterocycles. The quantitative estimate of drug-likeness (QED) is 0.844. The molecule has 0 radical (unpaired) electrons. The minimum absolute atomic E-state index is 0.341. The minimum Gasteiger partial charge on any atom is -0.306 e. The molecule has 0 unspecified atom stereocenters. The van der Waals surface area contributed by atoms with Gasteiger partial charge in [0.2, 0.25) is 0 Å². The fourth-order valence-corrected chi connectivity index (χ4v) is 2.72. The Bertz CT molecular complexity index is 519. The monoisotopic (exact) mass is 287 g/mol. The van der Waals surface area contributed by atoms with Gasteiger partial charge in [-0.25, -0.2) is 0 Å². The van der Waals surface area contributed by atoms with Crippen molar-refractivity contribution < 1.29 is 0 Å². The summed E-state index contributed by atoms with van der Waals surface area (Å²) in [5.41, 5.74) is 4.22. The van der Waals surface area contributed by atoms with E-state index in [1.807, 2.05) is 0 Å². The molecule has 1 aliphatic rings. The van der Waals surface area contributed by atoms with E-state index in [0.29, 0.717) is 6.04 Å². The van der Waals surface area contributed by atoms with Crippen LogP contribution in [0.1, 0.15) is 22.7 Å². The second-order valence-corrected chi connectivity index (χ2v) is 5.30. The molecule has 0 amide bonds. The van der Waals surface area contributed by atoms with Gasteiger partial charge in [0, 0.05) is 11.0 Å². The molecule has 0 fully saturated rings. The molecule has 1 N–H and O–H groups in total. The third kappa shape index (κ3) is 2.15. The fourth-order valence-electron chi connectivity index (χ4n) is 2.46. The Morgan fingerprint density at radius 2 is 1.76 bits per heavy atom. The van der Waals surface area contributed by atoms with Crippen molar-refractivity contribution in [1.82, 2.24) is 5.32 Å². The van der Waals surface area contributed by atoms with Gasteiger partial charge < -0.3 is 5.32 Å². The standard InChI is InChI=1S/C15H14BrN/c16-13-7-5-12(6-8-13)15-14-4-2-1-3-11(14)9-10-17-15/h1-8,15,17H,9-10H2/t15-/m1/s1. The smallest absolute Gasteiger partial charge is 0.0579 e. The van der Waals surface area contributed by atoms with E-state index in [-0.39, 0.29) is 0 Å². The van der Waals surface area contributed by atoms with Gasteiger partial charge in [0.15, 0.2) is 0 Å². The molecule has 0 saturated heterocycles. The van der Waals surface area contributed by atoms with E-state index in [9.17, 15) is 0 Å². The summed E-state index contributed by atoms with van der Waals surface area (Å²) in [4.78, 5) is 0. The third-order valence-corrected chi connectivity index (χ3v) is 3.84. The molecule has 0 bridgehead atoms. The van der Waals surface area contributed by atoms with Gasteiger partial charge in [-0.3, -0.25) is 0 Å². The van der Waals surface area contributed by atoms with Crippen molar-refractivity contribution in [1.29, 1.82) is 0 Å². The van der Waals surface area contributed by atoms with Crippen molar-refractivity contribution in [2.24, 2.45) is 0 Å². The molecule has 1 aliphatic heterocycles. The van der Waals surface area contributed by atoms with Crippen LogP contribution in [0.25, 0.3) is 0 Å². The average molecular weight is 288 g/mol. The summed E-state index contributed by atoms with van der Waals surface area (Å²) in [5, 5.41) is 3.60. The number of nitrogens with one attached hydrogen (secondary N) is 1. The molecule has 1 heterocycles. The number of fused-ring (bicyclic) bond motifs is 1. The van der Waals surface area contributed by atoms with E-state index in [1.165, 1.54) is 16.7 Å². The van der Waals surface area contributed by atoms with Crippen molar-refractivity contribution in [3.8, 4) is 0 Å². The van der Waals surface area contributed by atoms with Crippen LogP contribution in [0.2, 0.25) is 0 Å². The Morgan fingerprint density at radius 3 is 2.59 bits per heavy atom. The maximum absolute atomic E-state index is 3.60. The SMILES string of the molecule is Brc1ccc([C@H]2NCCc3ccccc32)cc1. The van der Waals surface area contributed by atoms with Gasteiger partial charge in [-0.15, -0.1) is 0 Å². The summed E-state index contributed by atoms with van der Waals surface area (Å²) in [6.45, 7) is 1.05. The zero-order valence-electron chi connectivity index (χ0n) is 9.49. The lowest BCUT2D eigenvalue weighted by molar-refractivity contribution is 0.568. The predicted octanol–water partition coefficient (Wildman–Crippen LogP) is 3.68. The summed E-state index contributed by atoms with van der Waals surface area (Å²) in [6, 6.07) is 17.6. The largest absolute Gasteiger partial charge is 0.306 e. The Kier molecular flexibility index (Phi) is 3.00. The zero-order valence-corrected chi connectivity index (χ0v) is 11.1. The Hall–Kier alpha value is -1.12. The highest BCUT2D eigenvalue weighted by molar-refractivity contribution is 9.10. The molecule has 86 valence electrons. The highest BCUT2D eigenvalue weighted by Gasteiger charge is 2.20. The van der Waals surface area contributed by atoms with Crippen LogP contribution in [0.5, 0.6) is 0 Å². The van der Waals surface area contributed by atoms with Crippen molar-refractivity contribution in [3.63, 3.8) is 0 Å². The lowest BCUT2D eigenvalue weighted by atomic mass is 9.90. The van der Waals surface area contributed by atoms with E-state index in [0.717, 1.165) is 17.4 Å². The first-order chi connectivity index (χ1) is 8.34. The number of halogens is 1.